The van der Waals surface area contributed by atoms with E-state index in [9.17, 15) is 9.18 Å². The maximum absolute atomic E-state index is 13.8. The lowest BCUT2D eigenvalue weighted by Gasteiger charge is -2.36. The van der Waals surface area contributed by atoms with Crippen molar-refractivity contribution in [3.8, 4) is 0 Å². The summed E-state index contributed by atoms with van der Waals surface area (Å²) >= 11 is 0. The molecule has 0 spiro atoms. The smallest absolute Gasteiger partial charge is 0.308 e. The normalized spacial score (nSPS) is 25.6. The van der Waals surface area contributed by atoms with Gasteiger partial charge in [-0.05, 0) is 30.0 Å². The van der Waals surface area contributed by atoms with E-state index in [1.807, 2.05) is 6.07 Å². The zero-order chi connectivity index (χ0) is 14.8. The molecule has 2 atom stereocenters. The highest BCUT2D eigenvalue weighted by atomic mass is 19.1. The lowest BCUT2D eigenvalue weighted by atomic mass is 10.0. The van der Waals surface area contributed by atoms with Crippen LogP contribution in [-0.2, 0) is 20.7 Å². The third kappa shape index (κ3) is 2.94. The minimum atomic E-state index is -0.250. The van der Waals surface area contributed by atoms with Crippen LogP contribution in [0, 0.1) is 5.82 Å². The van der Waals surface area contributed by atoms with Gasteiger partial charge in [0.15, 0.2) is 0 Å². The summed E-state index contributed by atoms with van der Waals surface area (Å²) < 4.78 is 24.2. The predicted octanol–water partition coefficient (Wildman–Crippen LogP) is 2.08. The minimum Gasteiger partial charge on any atom is -0.469 e. The first-order valence-corrected chi connectivity index (χ1v) is 7.39. The molecular weight excluding hydrogens is 273 g/mol. The van der Waals surface area contributed by atoms with E-state index in [2.05, 4.69) is 4.90 Å². The summed E-state index contributed by atoms with van der Waals surface area (Å²) in [5.74, 6) is -0.353. The van der Waals surface area contributed by atoms with Crippen LogP contribution in [0.3, 0.4) is 0 Å². The van der Waals surface area contributed by atoms with Crippen molar-refractivity contribution in [2.75, 3.05) is 26.8 Å². The Morgan fingerprint density at radius 2 is 2.38 bits per heavy atom. The third-order valence-corrected chi connectivity index (χ3v) is 4.41. The first-order chi connectivity index (χ1) is 10.2. The van der Waals surface area contributed by atoms with Crippen molar-refractivity contribution in [2.24, 2.45) is 0 Å². The van der Waals surface area contributed by atoms with E-state index in [1.165, 1.54) is 13.2 Å². The van der Waals surface area contributed by atoms with E-state index in [-0.39, 0.29) is 30.4 Å². The van der Waals surface area contributed by atoms with E-state index in [0.717, 1.165) is 30.5 Å². The number of methoxy groups -OCH3 is 1. The summed E-state index contributed by atoms with van der Waals surface area (Å²) in [4.78, 5) is 13.7. The molecule has 0 bridgehead atoms. The number of hydrogen-bond acceptors (Lipinski definition) is 4. The molecule has 5 heteroatoms. The quantitative estimate of drug-likeness (QED) is 0.800. The molecule has 1 saturated heterocycles. The lowest BCUT2D eigenvalue weighted by Crippen LogP contribution is -2.44. The Labute approximate surface area is 123 Å². The minimum absolute atomic E-state index is 0.102. The Morgan fingerprint density at radius 1 is 1.52 bits per heavy atom. The van der Waals surface area contributed by atoms with Gasteiger partial charge < -0.3 is 9.47 Å². The average molecular weight is 293 g/mol. The third-order valence-electron chi connectivity index (χ3n) is 4.41. The van der Waals surface area contributed by atoms with Gasteiger partial charge in [0, 0.05) is 19.1 Å². The molecule has 1 heterocycles. The number of hydrogen-bond donors (Lipinski definition) is 0. The van der Waals surface area contributed by atoms with Crippen LogP contribution in [-0.4, -0.2) is 43.8 Å². The molecule has 1 aliphatic carbocycles. The maximum atomic E-state index is 13.8. The summed E-state index contributed by atoms with van der Waals surface area (Å²) in [5, 5.41) is 0. The average Bonchev–Trinajstić information content (AvgIpc) is 2.93. The van der Waals surface area contributed by atoms with Gasteiger partial charge >= 0.3 is 5.97 Å². The molecule has 3 rings (SSSR count). The summed E-state index contributed by atoms with van der Waals surface area (Å²) in [5.41, 5.74) is 1.94. The van der Waals surface area contributed by atoms with E-state index >= 15 is 0 Å². The Bertz CT molecular complexity index is 534. The van der Waals surface area contributed by atoms with E-state index in [4.69, 9.17) is 9.47 Å². The van der Waals surface area contributed by atoms with Gasteiger partial charge in [-0.15, -0.1) is 0 Å². The van der Waals surface area contributed by atoms with Gasteiger partial charge in [0.25, 0.3) is 0 Å². The fourth-order valence-electron chi connectivity index (χ4n) is 3.39. The van der Waals surface area contributed by atoms with Crippen molar-refractivity contribution in [1.29, 1.82) is 0 Å². The van der Waals surface area contributed by atoms with Gasteiger partial charge in [0.2, 0.25) is 0 Å². The van der Waals surface area contributed by atoms with Gasteiger partial charge in [-0.2, -0.15) is 0 Å². The molecule has 4 nitrogen and oxygen atoms in total. The summed E-state index contributed by atoms with van der Waals surface area (Å²) in [6.07, 6.45) is 1.85. The van der Waals surface area contributed by atoms with E-state index in [1.54, 1.807) is 6.07 Å². The molecule has 0 saturated carbocycles. The summed E-state index contributed by atoms with van der Waals surface area (Å²) in [7, 11) is 1.39. The van der Waals surface area contributed by atoms with Crippen molar-refractivity contribution in [3.05, 3.63) is 35.1 Å². The number of benzene rings is 1. The van der Waals surface area contributed by atoms with Crippen molar-refractivity contribution >= 4 is 5.97 Å². The molecule has 1 aromatic rings. The van der Waals surface area contributed by atoms with Crippen LogP contribution < -0.4 is 0 Å². The van der Waals surface area contributed by atoms with Crippen LogP contribution in [0.5, 0.6) is 0 Å². The molecule has 0 radical (unpaired) electrons. The van der Waals surface area contributed by atoms with Gasteiger partial charge in [0.05, 0.1) is 26.2 Å². The maximum Gasteiger partial charge on any atom is 0.308 e. The zero-order valence-corrected chi connectivity index (χ0v) is 12.2. The second kappa shape index (κ2) is 6.12. The fourth-order valence-corrected chi connectivity index (χ4v) is 3.39. The number of rotatable bonds is 3. The lowest BCUT2D eigenvalue weighted by molar-refractivity contribution is -0.146. The van der Waals surface area contributed by atoms with E-state index in [0.29, 0.717) is 13.2 Å². The number of halogens is 1. The largest absolute Gasteiger partial charge is 0.469 e. The van der Waals surface area contributed by atoms with Crippen molar-refractivity contribution in [3.63, 3.8) is 0 Å². The van der Waals surface area contributed by atoms with Crippen molar-refractivity contribution < 1.29 is 18.7 Å². The number of morpholine rings is 1. The molecule has 0 aromatic heterocycles. The highest BCUT2D eigenvalue weighted by molar-refractivity contribution is 5.69. The number of nitrogens with zero attached hydrogens (tertiary/aromatic N) is 1. The number of fused-ring (bicyclic) bond motifs is 1. The SMILES string of the molecule is COC(=O)CC1CN(C2CCc3c(F)cccc32)CCO1. The molecule has 2 unspecified atom stereocenters. The highest BCUT2D eigenvalue weighted by Crippen LogP contribution is 2.37. The molecular formula is C16H20FNO3. The molecule has 0 amide bonds. The second-order valence-electron chi connectivity index (χ2n) is 5.63. The number of esters is 1. The van der Waals surface area contributed by atoms with Crippen LogP contribution in [0.1, 0.15) is 30.0 Å². The van der Waals surface area contributed by atoms with Crippen molar-refractivity contribution in [2.45, 2.75) is 31.4 Å². The van der Waals surface area contributed by atoms with Crippen LogP contribution >= 0.6 is 0 Å². The number of carbonyl (C=O) groups is 1. The predicted molar refractivity (Wildman–Crippen MR) is 75.4 cm³/mol. The van der Waals surface area contributed by atoms with Crippen LogP contribution in [0.25, 0.3) is 0 Å². The molecule has 21 heavy (non-hydrogen) atoms. The topological polar surface area (TPSA) is 38.8 Å². The number of carbonyl (C=O) groups excluding carboxylic acids is 1. The van der Waals surface area contributed by atoms with Gasteiger partial charge in [-0.3, -0.25) is 9.69 Å². The summed E-state index contributed by atoms with van der Waals surface area (Å²) in [6, 6.07) is 5.56. The van der Waals surface area contributed by atoms with Crippen LogP contribution in [0.2, 0.25) is 0 Å². The van der Waals surface area contributed by atoms with Crippen LogP contribution in [0.15, 0.2) is 18.2 Å². The first-order valence-electron chi connectivity index (χ1n) is 7.39. The number of ether oxygens (including phenoxy) is 2. The highest BCUT2D eigenvalue weighted by Gasteiger charge is 2.33. The van der Waals surface area contributed by atoms with Crippen molar-refractivity contribution in [1.82, 2.24) is 4.90 Å². The Morgan fingerprint density at radius 3 is 3.19 bits per heavy atom. The Kier molecular flexibility index (Phi) is 4.22. The molecule has 0 N–H and O–H groups in total. The molecule has 1 aromatic carbocycles. The van der Waals surface area contributed by atoms with Gasteiger partial charge in [-0.1, -0.05) is 12.1 Å². The fraction of sp³-hybridized carbons (Fsp3) is 0.562. The second-order valence-corrected chi connectivity index (χ2v) is 5.63. The standard InChI is InChI=1S/C16H20FNO3/c1-20-16(19)9-11-10-18(7-8-21-11)15-6-5-12-13(15)3-2-4-14(12)17/h2-4,11,15H,5-10H2,1H3. The summed E-state index contributed by atoms with van der Waals surface area (Å²) in [6.45, 7) is 2.11. The van der Waals surface area contributed by atoms with Gasteiger partial charge in [-0.25, -0.2) is 4.39 Å². The first kappa shape index (κ1) is 14.5. The molecule has 2 aliphatic rings. The molecule has 1 aliphatic heterocycles. The monoisotopic (exact) mass is 293 g/mol. The Hall–Kier alpha value is -1.46. The van der Waals surface area contributed by atoms with Gasteiger partial charge in [0.1, 0.15) is 5.82 Å². The Balaban J connectivity index is 1.71. The molecule has 114 valence electrons. The molecule has 1 fully saturated rings. The zero-order valence-electron chi connectivity index (χ0n) is 12.2. The van der Waals surface area contributed by atoms with E-state index < -0.39 is 0 Å². The van der Waals surface area contributed by atoms with Crippen LogP contribution in [0.4, 0.5) is 4.39 Å².